The van der Waals surface area contributed by atoms with Gasteiger partial charge in [-0.2, -0.15) is 0 Å². The summed E-state index contributed by atoms with van der Waals surface area (Å²) < 4.78 is 0. The number of hydrogen-bond donors (Lipinski definition) is 0. The van der Waals surface area contributed by atoms with Crippen LogP contribution in [-0.4, -0.2) is 5.78 Å². The number of benzene rings is 1. The van der Waals surface area contributed by atoms with Gasteiger partial charge >= 0.3 is 0 Å². The molecule has 1 aromatic carbocycles. The van der Waals surface area contributed by atoms with Crippen molar-refractivity contribution in [3.8, 4) is 0 Å². The highest BCUT2D eigenvalue weighted by atomic mass is 16.1. The van der Waals surface area contributed by atoms with Gasteiger partial charge in [0.1, 0.15) is 0 Å². The van der Waals surface area contributed by atoms with Crippen molar-refractivity contribution in [2.45, 2.75) is 46.5 Å². The fraction of sp³-hybridized carbons (Fsp3) is 0.533. The Balaban J connectivity index is 2.67. The van der Waals surface area contributed by atoms with E-state index in [0.29, 0.717) is 0 Å². The molecule has 1 atom stereocenters. The van der Waals surface area contributed by atoms with Crippen LogP contribution in [0.1, 0.15) is 56.0 Å². The molecule has 0 aliphatic heterocycles. The Hall–Kier alpha value is -1.11. The average Bonchev–Trinajstić information content (AvgIpc) is 2.35. The Morgan fingerprint density at radius 1 is 1.19 bits per heavy atom. The number of hydrogen-bond acceptors (Lipinski definition) is 1. The van der Waals surface area contributed by atoms with E-state index in [2.05, 4.69) is 26.0 Å². The number of rotatable bonds is 6. The Kier molecular flexibility index (Phi) is 5.24. The smallest absolute Gasteiger partial charge is 0.165 e. The van der Waals surface area contributed by atoms with Crippen LogP contribution in [0, 0.1) is 5.92 Å². The van der Waals surface area contributed by atoms with E-state index >= 15 is 0 Å². The van der Waals surface area contributed by atoms with Gasteiger partial charge in [0.2, 0.25) is 0 Å². The van der Waals surface area contributed by atoms with Crippen LogP contribution in [0.5, 0.6) is 0 Å². The maximum atomic E-state index is 11.9. The van der Waals surface area contributed by atoms with Crippen LogP contribution in [0.3, 0.4) is 0 Å². The molecule has 0 N–H and O–H groups in total. The molecule has 1 unspecified atom stereocenters. The lowest BCUT2D eigenvalue weighted by atomic mass is 9.96. The normalized spacial score (nSPS) is 12.4. The highest BCUT2D eigenvalue weighted by Gasteiger charge is 2.12. The van der Waals surface area contributed by atoms with E-state index in [0.717, 1.165) is 18.4 Å². The van der Waals surface area contributed by atoms with Gasteiger partial charge in [0.15, 0.2) is 5.78 Å². The molecule has 0 aromatic heterocycles. The SMILES string of the molecule is CCCCc1ccc(C(=O)C(C)CC)cc1. The van der Waals surface area contributed by atoms with Gasteiger partial charge in [0.05, 0.1) is 0 Å². The van der Waals surface area contributed by atoms with Crippen molar-refractivity contribution in [3.63, 3.8) is 0 Å². The highest BCUT2D eigenvalue weighted by Crippen LogP contribution is 2.13. The molecule has 0 saturated carbocycles. The van der Waals surface area contributed by atoms with Gasteiger partial charge in [-0.3, -0.25) is 4.79 Å². The molecule has 0 spiro atoms. The first kappa shape index (κ1) is 13.0. The molecule has 0 aliphatic rings. The second-order valence-electron chi connectivity index (χ2n) is 4.47. The predicted molar refractivity (Wildman–Crippen MR) is 68.8 cm³/mol. The minimum Gasteiger partial charge on any atom is -0.294 e. The van der Waals surface area contributed by atoms with Gasteiger partial charge in [0, 0.05) is 11.5 Å². The van der Waals surface area contributed by atoms with E-state index < -0.39 is 0 Å². The predicted octanol–water partition coefficient (Wildman–Crippen LogP) is 4.26. The maximum Gasteiger partial charge on any atom is 0.165 e. The van der Waals surface area contributed by atoms with Crippen LogP contribution in [0.2, 0.25) is 0 Å². The Labute approximate surface area is 98.9 Å². The molecule has 1 aromatic rings. The number of Topliss-reactive ketones (excluding diaryl/α,β-unsaturated/α-hetero) is 1. The van der Waals surface area contributed by atoms with Crippen LogP contribution in [0.15, 0.2) is 24.3 Å². The maximum absolute atomic E-state index is 11.9. The van der Waals surface area contributed by atoms with Crippen LogP contribution in [0.25, 0.3) is 0 Å². The molecular weight excluding hydrogens is 196 g/mol. The van der Waals surface area contributed by atoms with Gasteiger partial charge in [0.25, 0.3) is 0 Å². The zero-order chi connectivity index (χ0) is 12.0. The van der Waals surface area contributed by atoms with Crippen molar-refractivity contribution in [3.05, 3.63) is 35.4 Å². The Bertz CT molecular complexity index is 324. The number of unbranched alkanes of at least 4 members (excludes halogenated alkanes) is 1. The van der Waals surface area contributed by atoms with E-state index in [1.165, 1.54) is 18.4 Å². The minimum absolute atomic E-state index is 0.140. The van der Waals surface area contributed by atoms with E-state index in [1.54, 1.807) is 0 Å². The lowest BCUT2D eigenvalue weighted by Crippen LogP contribution is -2.09. The summed E-state index contributed by atoms with van der Waals surface area (Å²) in [7, 11) is 0. The third-order valence-electron chi connectivity index (χ3n) is 3.12. The van der Waals surface area contributed by atoms with E-state index in [9.17, 15) is 4.79 Å². The van der Waals surface area contributed by atoms with Gasteiger partial charge < -0.3 is 0 Å². The van der Waals surface area contributed by atoms with Crippen LogP contribution < -0.4 is 0 Å². The van der Waals surface area contributed by atoms with Crippen LogP contribution in [0.4, 0.5) is 0 Å². The van der Waals surface area contributed by atoms with Crippen LogP contribution in [-0.2, 0) is 6.42 Å². The molecule has 16 heavy (non-hydrogen) atoms. The topological polar surface area (TPSA) is 17.1 Å². The first-order valence-corrected chi connectivity index (χ1v) is 6.32. The molecule has 0 heterocycles. The molecule has 0 amide bonds. The summed E-state index contributed by atoms with van der Waals surface area (Å²) in [6.45, 7) is 6.24. The third kappa shape index (κ3) is 3.48. The standard InChI is InChI=1S/C15H22O/c1-4-6-7-13-8-10-14(11-9-13)15(16)12(3)5-2/h8-12H,4-7H2,1-3H3. The molecule has 88 valence electrons. The van der Waals surface area contributed by atoms with Crippen molar-refractivity contribution < 1.29 is 4.79 Å². The van der Waals surface area contributed by atoms with Crippen molar-refractivity contribution in [1.82, 2.24) is 0 Å². The van der Waals surface area contributed by atoms with Crippen molar-refractivity contribution in [2.24, 2.45) is 5.92 Å². The van der Waals surface area contributed by atoms with Crippen LogP contribution >= 0.6 is 0 Å². The fourth-order valence-corrected chi connectivity index (χ4v) is 1.69. The van der Waals surface area contributed by atoms with E-state index in [1.807, 2.05) is 19.1 Å². The third-order valence-corrected chi connectivity index (χ3v) is 3.12. The summed E-state index contributed by atoms with van der Waals surface area (Å²) in [5, 5.41) is 0. The Morgan fingerprint density at radius 3 is 2.31 bits per heavy atom. The van der Waals surface area contributed by atoms with Gasteiger partial charge in [-0.25, -0.2) is 0 Å². The van der Waals surface area contributed by atoms with Crippen molar-refractivity contribution in [2.75, 3.05) is 0 Å². The molecular formula is C15H22O. The molecule has 1 nitrogen and oxygen atoms in total. The summed E-state index contributed by atoms with van der Waals surface area (Å²) in [6, 6.07) is 8.12. The van der Waals surface area contributed by atoms with Gasteiger partial charge in [-0.15, -0.1) is 0 Å². The largest absolute Gasteiger partial charge is 0.294 e. The lowest BCUT2D eigenvalue weighted by molar-refractivity contribution is 0.0927. The number of carbonyl (C=O) groups is 1. The Morgan fingerprint density at radius 2 is 1.81 bits per heavy atom. The molecule has 0 bridgehead atoms. The van der Waals surface area contributed by atoms with Crippen molar-refractivity contribution in [1.29, 1.82) is 0 Å². The lowest BCUT2D eigenvalue weighted by Gasteiger charge is -2.08. The summed E-state index contributed by atoms with van der Waals surface area (Å²) >= 11 is 0. The molecule has 1 heteroatoms. The average molecular weight is 218 g/mol. The minimum atomic E-state index is 0.140. The first-order valence-electron chi connectivity index (χ1n) is 6.32. The summed E-state index contributed by atoms with van der Waals surface area (Å²) in [4.78, 5) is 11.9. The quantitative estimate of drug-likeness (QED) is 0.652. The molecule has 0 fully saturated rings. The second kappa shape index (κ2) is 6.47. The van der Waals surface area contributed by atoms with E-state index in [-0.39, 0.29) is 11.7 Å². The summed E-state index contributed by atoms with van der Waals surface area (Å²) in [5.74, 6) is 0.408. The number of ketones is 1. The first-order chi connectivity index (χ1) is 7.69. The monoisotopic (exact) mass is 218 g/mol. The summed E-state index contributed by atoms with van der Waals surface area (Å²) in [6.07, 6.45) is 4.47. The van der Waals surface area contributed by atoms with Gasteiger partial charge in [-0.1, -0.05) is 51.5 Å². The van der Waals surface area contributed by atoms with E-state index in [4.69, 9.17) is 0 Å². The molecule has 1 rings (SSSR count). The number of carbonyl (C=O) groups excluding carboxylic acids is 1. The number of aryl methyl sites for hydroxylation is 1. The zero-order valence-electron chi connectivity index (χ0n) is 10.6. The molecule has 0 saturated heterocycles. The second-order valence-corrected chi connectivity index (χ2v) is 4.47. The zero-order valence-corrected chi connectivity index (χ0v) is 10.6. The fourth-order valence-electron chi connectivity index (χ4n) is 1.69. The molecule has 0 aliphatic carbocycles. The summed E-state index contributed by atoms with van der Waals surface area (Å²) in [5.41, 5.74) is 2.19. The van der Waals surface area contributed by atoms with Crippen molar-refractivity contribution >= 4 is 5.78 Å². The van der Waals surface area contributed by atoms with Gasteiger partial charge in [-0.05, 0) is 24.8 Å². The highest BCUT2D eigenvalue weighted by molar-refractivity contribution is 5.97. The molecule has 0 radical (unpaired) electrons.